The lowest BCUT2D eigenvalue weighted by atomic mass is 10.4. The zero-order valence-electron chi connectivity index (χ0n) is 7.52. The van der Waals surface area contributed by atoms with E-state index in [1.165, 1.54) is 0 Å². The highest BCUT2D eigenvalue weighted by Gasteiger charge is 2.01. The standard InChI is InChI=1S/C6H16N2O4S/c1-13(11,12)8-3-2-7-4-6(10)5-9/h6-10H,2-5H2,1H3/t6-/m0/s1. The van der Waals surface area contributed by atoms with E-state index >= 15 is 0 Å². The van der Waals surface area contributed by atoms with Crippen LogP contribution in [0.15, 0.2) is 0 Å². The molecule has 0 aliphatic carbocycles. The number of rotatable bonds is 7. The molecule has 0 aromatic carbocycles. The normalized spacial score (nSPS) is 14.4. The molecule has 1 atom stereocenters. The average molecular weight is 212 g/mol. The van der Waals surface area contributed by atoms with Gasteiger partial charge in [-0.05, 0) is 0 Å². The molecule has 4 N–H and O–H groups in total. The van der Waals surface area contributed by atoms with Gasteiger partial charge in [-0.2, -0.15) is 0 Å². The number of hydrogen-bond donors (Lipinski definition) is 4. The Hall–Kier alpha value is -0.210. The maximum atomic E-state index is 10.6. The van der Waals surface area contributed by atoms with E-state index in [1.54, 1.807) is 0 Å². The highest BCUT2D eigenvalue weighted by atomic mass is 32.2. The third-order valence-corrected chi connectivity index (χ3v) is 1.99. The highest BCUT2D eigenvalue weighted by Crippen LogP contribution is 1.76. The van der Waals surface area contributed by atoms with Crippen LogP contribution in [0, 0.1) is 0 Å². The summed E-state index contributed by atoms with van der Waals surface area (Å²) in [5.41, 5.74) is 0. The molecule has 80 valence electrons. The van der Waals surface area contributed by atoms with E-state index in [2.05, 4.69) is 10.0 Å². The molecule has 0 rings (SSSR count). The first-order chi connectivity index (χ1) is 5.95. The van der Waals surface area contributed by atoms with Crippen LogP contribution in [0.3, 0.4) is 0 Å². The SMILES string of the molecule is CS(=O)(=O)NCCNC[C@H](O)CO. The molecule has 7 heteroatoms. The minimum absolute atomic E-state index is 0.252. The van der Waals surface area contributed by atoms with Gasteiger partial charge in [0.15, 0.2) is 0 Å². The summed E-state index contributed by atoms with van der Waals surface area (Å²) >= 11 is 0. The largest absolute Gasteiger partial charge is 0.394 e. The lowest BCUT2D eigenvalue weighted by Crippen LogP contribution is -2.35. The van der Waals surface area contributed by atoms with Crippen molar-refractivity contribution in [1.29, 1.82) is 0 Å². The predicted molar refractivity (Wildman–Crippen MR) is 48.8 cm³/mol. The van der Waals surface area contributed by atoms with Gasteiger partial charge in [0.1, 0.15) is 0 Å². The Balaban J connectivity index is 3.27. The maximum Gasteiger partial charge on any atom is 0.208 e. The van der Waals surface area contributed by atoms with Crippen molar-refractivity contribution in [2.24, 2.45) is 0 Å². The van der Waals surface area contributed by atoms with Gasteiger partial charge in [-0.25, -0.2) is 13.1 Å². The van der Waals surface area contributed by atoms with Gasteiger partial charge in [0.2, 0.25) is 10.0 Å². The summed E-state index contributed by atoms with van der Waals surface area (Å²) < 4.78 is 23.4. The molecule has 0 spiro atoms. The van der Waals surface area contributed by atoms with Crippen LogP contribution >= 0.6 is 0 Å². The first-order valence-electron chi connectivity index (χ1n) is 3.90. The summed E-state index contributed by atoms with van der Waals surface area (Å²) in [5.74, 6) is 0. The molecule has 0 aromatic heterocycles. The van der Waals surface area contributed by atoms with Crippen LogP contribution in [0.4, 0.5) is 0 Å². The smallest absolute Gasteiger partial charge is 0.208 e. The van der Waals surface area contributed by atoms with Gasteiger partial charge < -0.3 is 15.5 Å². The third kappa shape index (κ3) is 9.71. The van der Waals surface area contributed by atoms with Gasteiger partial charge in [0, 0.05) is 19.6 Å². The predicted octanol–water partition coefficient (Wildman–Crippen LogP) is -2.52. The number of hydrogen-bond acceptors (Lipinski definition) is 5. The van der Waals surface area contributed by atoms with E-state index in [1.807, 2.05) is 0 Å². The van der Waals surface area contributed by atoms with Crippen LogP contribution in [0.5, 0.6) is 0 Å². The molecule has 0 amide bonds. The van der Waals surface area contributed by atoms with Crippen LogP contribution in [0.1, 0.15) is 0 Å². The highest BCUT2D eigenvalue weighted by molar-refractivity contribution is 7.88. The fourth-order valence-electron chi connectivity index (χ4n) is 0.658. The van der Waals surface area contributed by atoms with Crippen molar-refractivity contribution in [2.75, 3.05) is 32.5 Å². The molecule has 0 aliphatic rings. The molecule has 0 bridgehead atoms. The van der Waals surface area contributed by atoms with Crippen molar-refractivity contribution in [2.45, 2.75) is 6.10 Å². The second-order valence-electron chi connectivity index (χ2n) is 2.71. The van der Waals surface area contributed by atoms with E-state index < -0.39 is 16.1 Å². The van der Waals surface area contributed by atoms with Crippen molar-refractivity contribution < 1.29 is 18.6 Å². The van der Waals surface area contributed by atoms with Gasteiger partial charge in [0.05, 0.1) is 19.0 Å². The molecule has 0 fully saturated rings. The Bertz CT molecular complexity index is 217. The minimum atomic E-state index is -3.13. The van der Waals surface area contributed by atoms with Crippen LogP contribution in [0.2, 0.25) is 0 Å². The van der Waals surface area contributed by atoms with Gasteiger partial charge in [-0.3, -0.25) is 0 Å². The third-order valence-electron chi connectivity index (χ3n) is 1.26. The van der Waals surface area contributed by atoms with Crippen molar-refractivity contribution in [3.05, 3.63) is 0 Å². The van der Waals surface area contributed by atoms with Crippen molar-refractivity contribution in [3.8, 4) is 0 Å². The summed E-state index contributed by atoms with van der Waals surface area (Å²) in [6, 6.07) is 0. The van der Waals surface area contributed by atoms with E-state index in [-0.39, 0.29) is 19.7 Å². The summed E-state index contributed by atoms with van der Waals surface area (Å²) in [7, 11) is -3.13. The van der Waals surface area contributed by atoms with E-state index in [4.69, 9.17) is 10.2 Å². The fraction of sp³-hybridized carbons (Fsp3) is 1.00. The van der Waals surface area contributed by atoms with Crippen molar-refractivity contribution >= 4 is 10.0 Å². The average Bonchev–Trinajstić information content (AvgIpc) is 2.01. The molecule has 0 saturated heterocycles. The zero-order valence-corrected chi connectivity index (χ0v) is 8.34. The van der Waals surface area contributed by atoms with Gasteiger partial charge in [-0.1, -0.05) is 0 Å². The van der Waals surface area contributed by atoms with E-state index in [0.29, 0.717) is 6.54 Å². The van der Waals surface area contributed by atoms with E-state index in [0.717, 1.165) is 6.26 Å². The molecule has 0 radical (unpaired) electrons. The Labute approximate surface area is 78.0 Å². The molecule has 0 heterocycles. The summed E-state index contributed by atoms with van der Waals surface area (Å²) in [6.45, 7) is 0.648. The minimum Gasteiger partial charge on any atom is -0.394 e. The molecule has 0 aliphatic heterocycles. The topological polar surface area (TPSA) is 98.7 Å². The molecule has 0 unspecified atom stereocenters. The lowest BCUT2D eigenvalue weighted by Gasteiger charge is -2.08. The van der Waals surface area contributed by atoms with Crippen molar-refractivity contribution in [3.63, 3.8) is 0 Å². The van der Waals surface area contributed by atoms with Crippen LogP contribution in [-0.4, -0.2) is 57.2 Å². The summed E-state index contributed by atoms with van der Waals surface area (Å²) in [6.07, 6.45) is 0.286. The zero-order chi connectivity index (χ0) is 10.3. The number of nitrogens with one attached hydrogen (secondary N) is 2. The Morgan fingerprint density at radius 1 is 1.38 bits per heavy atom. The van der Waals surface area contributed by atoms with Crippen LogP contribution in [-0.2, 0) is 10.0 Å². The second kappa shape index (κ2) is 6.28. The fourth-order valence-corrected chi connectivity index (χ4v) is 1.13. The van der Waals surface area contributed by atoms with Gasteiger partial charge in [0.25, 0.3) is 0 Å². The van der Waals surface area contributed by atoms with Gasteiger partial charge >= 0.3 is 0 Å². The molecule has 13 heavy (non-hydrogen) atoms. The Morgan fingerprint density at radius 3 is 2.46 bits per heavy atom. The molecule has 6 nitrogen and oxygen atoms in total. The lowest BCUT2D eigenvalue weighted by molar-refractivity contribution is 0.0948. The quantitative estimate of drug-likeness (QED) is 0.349. The summed E-state index contributed by atoms with van der Waals surface area (Å²) in [4.78, 5) is 0. The molecule has 0 saturated carbocycles. The monoisotopic (exact) mass is 212 g/mol. The second-order valence-corrected chi connectivity index (χ2v) is 4.54. The molecular formula is C6H16N2O4S. The van der Waals surface area contributed by atoms with Crippen LogP contribution < -0.4 is 10.0 Å². The first kappa shape index (κ1) is 12.8. The van der Waals surface area contributed by atoms with E-state index in [9.17, 15) is 8.42 Å². The Kier molecular flexibility index (Phi) is 6.17. The maximum absolute atomic E-state index is 10.6. The molecule has 0 aromatic rings. The Morgan fingerprint density at radius 2 is 2.00 bits per heavy atom. The van der Waals surface area contributed by atoms with Crippen molar-refractivity contribution in [1.82, 2.24) is 10.0 Å². The van der Waals surface area contributed by atoms with Gasteiger partial charge in [-0.15, -0.1) is 0 Å². The number of aliphatic hydroxyl groups is 2. The first-order valence-corrected chi connectivity index (χ1v) is 5.79. The summed E-state index contributed by atoms with van der Waals surface area (Å²) in [5, 5.41) is 20.1. The van der Waals surface area contributed by atoms with Crippen LogP contribution in [0.25, 0.3) is 0 Å². The number of aliphatic hydroxyl groups excluding tert-OH is 2. The molecular weight excluding hydrogens is 196 g/mol. The number of sulfonamides is 1.